The van der Waals surface area contributed by atoms with Crippen molar-refractivity contribution in [1.29, 1.82) is 0 Å². The Hall–Kier alpha value is -0.420. The molecule has 0 aliphatic rings. The van der Waals surface area contributed by atoms with Crippen molar-refractivity contribution in [3.05, 3.63) is 12.7 Å². The van der Waals surface area contributed by atoms with Crippen molar-refractivity contribution in [2.24, 2.45) is 0 Å². The third kappa shape index (κ3) is 13.7. The van der Waals surface area contributed by atoms with E-state index in [-0.39, 0.29) is 18.3 Å². The fourth-order valence-electron chi connectivity index (χ4n) is 3.69. The number of rotatable bonds is 18. The second kappa shape index (κ2) is 19.1. The molecule has 1 unspecified atom stereocenters. The van der Waals surface area contributed by atoms with Crippen LogP contribution >= 0.6 is 0 Å². The number of unbranched alkanes of at least 4 members (excludes halogenated alkanes) is 5. The van der Waals surface area contributed by atoms with Gasteiger partial charge in [-0.2, -0.15) is 0 Å². The molecule has 188 valence electrons. The molecule has 0 saturated carbocycles. The summed E-state index contributed by atoms with van der Waals surface area (Å²) in [7, 11) is 1.78. The smallest absolute Gasteiger partial charge is 0.314 e. The van der Waals surface area contributed by atoms with Gasteiger partial charge in [0.25, 0.3) is 0 Å². The van der Waals surface area contributed by atoms with E-state index in [4.69, 9.17) is 18.9 Å². The number of allylic oxidation sites excluding steroid dienone is 1. The van der Waals surface area contributed by atoms with Crippen molar-refractivity contribution in [2.45, 2.75) is 156 Å². The summed E-state index contributed by atoms with van der Waals surface area (Å²) in [6.07, 6.45) is 13.0. The quantitative estimate of drug-likeness (QED) is 0.121. The Kier molecular flexibility index (Phi) is 20.2. The lowest BCUT2D eigenvalue weighted by Crippen LogP contribution is -2.63. The molecule has 0 aliphatic carbocycles. The Morgan fingerprint density at radius 2 is 1.10 bits per heavy atom. The molecule has 0 N–H and O–H groups in total. The van der Waals surface area contributed by atoms with Gasteiger partial charge in [0, 0.05) is 7.11 Å². The maximum atomic E-state index is 6.39. The SMILES string of the molecule is C=CCC.CCCCCCCCC(CCC)(OC)C(OC(C)C)(OC(C)C)OC(C)C. The standard InChI is InChI=1S/C23H48O4.C4H8/c1-10-12-13-14-15-16-18-22(24-9,17-11-2)23(25-19(3)4,26-20(5)6)27-21(7)8;1-3-4-2/h19-21H,10-18H2,1-9H3;3H,1,4H2,2H3. The summed E-state index contributed by atoms with van der Waals surface area (Å²) in [4.78, 5) is 0. The van der Waals surface area contributed by atoms with Crippen LogP contribution in [0.1, 0.15) is 127 Å². The van der Waals surface area contributed by atoms with E-state index in [2.05, 4.69) is 27.4 Å². The summed E-state index contributed by atoms with van der Waals surface area (Å²) in [6, 6.07) is 0. The van der Waals surface area contributed by atoms with Gasteiger partial charge in [0.1, 0.15) is 5.60 Å². The van der Waals surface area contributed by atoms with Crippen LogP contribution in [0.3, 0.4) is 0 Å². The molecule has 0 heterocycles. The average molecular weight is 445 g/mol. The molecule has 0 rings (SSSR count). The van der Waals surface area contributed by atoms with Gasteiger partial charge in [0.2, 0.25) is 0 Å². The molecule has 0 aromatic carbocycles. The maximum Gasteiger partial charge on any atom is 0.314 e. The first-order valence-corrected chi connectivity index (χ1v) is 12.8. The van der Waals surface area contributed by atoms with E-state index in [1.54, 1.807) is 7.11 Å². The highest BCUT2D eigenvalue weighted by atomic mass is 16.9. The van der Waals surface area contributed by atoms with E-state index in [1.807, 2.05) is 47.6 Å². The summed E-state index contributed by atoms with van der Waals surface area (Å²) in [5.41, 5.74) is -0.620. The predicted molar refractivity (Wildman–Crippen MR) is 135 cm³/mol. The first kappa shape index (κ1) is 32.8. The highest BCUT2D eigenvalue weighted by molar-refractivity contribution is 4.92. The fourth-order valence-corrected chi connectivity index (χ4v) is 3.69. The van der Waals surface area contributed by atoms with Crippen LogP contribution in [0.4, 0.5) is 0 Å². The summed E-state index contributed by atoms with van der Waals surface area (Å²) in [5, 5.41) is 0. The molecular formula is C27H56O4. The molecule has 4 nitrogen and oxygen atoms in total. The van der Waals surface area contributed by atoms with Gasteiger partial charge in [-0.3, -0.25) is 0 Å². The topological polar surface area (TPSA) is 36.9 Å². The van der Waals surface area contributed by atoms with Crippen LogP contribution in [-0.4, -0.2) is 37.0 Å². The van der Waals surface area contributed by atoms with Crippen molar-refractivity contribution >= 4 is 0 Å². The minimum absolute atomic E-state index is 0.0292. The second-order valence-electron chi connectivity index (χ2n) is 9.22. The summed E-state index contributed by atoms with van der Waals surface area (Å²) in [5.74, 6) is -1.20. The predicted octanol–water partition coefficient (Wildman–Crippen LogP) is 8.43. The van der Waals surface area contributed by atoms with Crippen LogP contribution < -0.4 is 0 Å². The number of hydrogen-bond donors (Lipinski definition) is 0. The molecule has 0 aromatic heterocycles. The zero-order valence-corrected chi connectivity index (χ0v) is 22.7. The summed E-state index contributed by atoms with van der Waals surface area (Å²) in [6.45, 7) is 22.1. The fraction of sp³-hybridized carbons (Fsp3) is 0.926. The second-order valence-corrected chi connectivity index (χ2v) is 9.22. The van der Waals surface area contributed by atoms with Crippen LogP contribution in [0.2, 0.25) is 0 Å². The molecule has 0 saturated heterocycles. The molecule has 0 radical (unpaired) electrons. The van der Waals surface area contributed by atoms with Gasteiger partial charge < -0.3 is 18.9 Å². The van der Waals surface area contributed by atoms with Gasteiger partial charge in [0.05, 0.1) is 18.3 Å². The van der Waals surface area contributed by atoms with Crippen molar-refractivity contribution in [3.63, 3.8) is 0 Å². The highest BCUT2D eigenvalue weighted by Gasteiger charge is 2.57. The molecule has 0 spiro atoms. The zero-order valence-electron chi connectivity index (χ0n) is 22.7. The van der Waals surface area contributed by atoms with Crippen molar-refractivity contribution < 1.29 is 18.9 Å². The number of hydrogen-bond acceptors (Lipinski definition) is 4. The van der Waals surface area contributed by atoms with Gasteiger partial charge in [-0.15, -0.1) is 6.58 Å². The van der Waals surface area contributed by atoms with Crippen LogP contribution in [0, 0.1) is 0 Å². The van der Waals surface area contributed by atoms with Gasteiger partial charge in [-0.05, 0) is 60.8 Å². The monoisotopic (exact) mass is 444 g/mol. The Morgan fingerprint density at radius 1 is 0.677 bits per heavy atom. The maximum absolute atomic E-state index is 6.39. The Bertz CT molecular complexity index is 380. The minimum Gasteiger partial charge on any atom is -0.370 e. The molecule has 1 atom stereocenters. The van der Waals surface area contributed by atoms with E-state index < -0.39 is 11.6 Å². The minimum atomic E-state index is -1.20. The lowest BCUT2D eigenvalue weighted by Gasteiger charge is -2.50. The van der Waals surface area contributed by atoms with Crippen LogP contribution in [-0.2, 0) is 18.9 Å². The first-order chi connectivity index (χ1) is 14.6. The Morgan fingerprint density at radius 3 is 1.42 bits per heavy atom. The van der Waals surface area contributed by atoms with E-state index in [0.717, 1.165) is 32.1 Å². The molecule has 0 fully saturated rings. The highest BCUT2D eigenvalue weighted by Crippen LogP contribution is 2.42. The van der Waals surface area contributed by atoms with Crippen molar-refractivity contribution in [1.82, 2.24) is 0 Å². The van der Waals surface area contributed by atoms with E-state index in [1.165, 1.54) is 32.1 Å². The van der Waals surface area contributed by atoms with Gasteiger partial charge in [-0.25, -0.2) is 0 Å². The summed E-state index contributed by atoms with van der Waals surface area (Å²) < 4.78 is 25.4. The molecule has 0 aromatic rings. The Labute approximate surface area is 195 Å². The first-order valence-electron chi connectivity index (χ1n) is 12.8. The Balaban J connectivity index is 0. The van der Waals surface area contributed by atoms with Gasteiger partial charge in [-0.1, -0.05) is 71.8 Å². The van der Waals surface area contributed by atoms with Crippen molar-refractivity contribution in [2.75, 3.05) is 7.11 Å². The van der Waals surface area contributed by atoms with Crippen LogP contribution in [0.25, 0.3) is 0 Å². The summed E-state index contributed by atoms with van der Waals surface area (Å²) >= 11 is 0. The van der Waals surface area contributed by atoms with E-state index in [9.17, 15) is 0 Å². The molecule has 0 bridgehead atoms. The van der Waals surface area contributed by atoms with Crippen LogP contribution in [0.5, 0.6) is 0 Å². The molecule has 0 aliphatic heterocycles. The normalized spacial score (nSPS) is 14.0. The van der Waals surface area contributed by atoms with E-state index in [0.29, 0.717) is 0 Å². The lowest BCUT2D eigenvalue weighted by atomic mass is 9.87. The number of ether oxygens (including phenoxy) is 4. The van der Waals surface area contributed by atoms with Gasteiger partial charge in [0.15, 0.2) is 0 Å². The van der Waals surface area contributed by atoms with Gasteiger partial charge >= 0.3 is 5.97 Å². The van der Waals surface area contributed by atoms with Crippen molar-refractivity contribution in [3.8, 4) is 0 Å². The third-order valence-corrected chi connectivity index (χ3v) is 5.00. The molecular weight excluding hydrogens is 388 g/mol. The van der Waals surface area contributed by atoms with E-state index >= 15 is 0 Å². The number of methoxy groups -OCH3 is 1. The zero-order chi connectivity index (χ0) is 24.3. The lowest BCUT2D eigenvalue weighted by molar-refractivity contribution is -0.469. The van der Waals surface area contributed by atoms with Crippen LogP contribution in [0.15, 0.2) is 12.7 Å². The molecule has 31 heavy (non-hydrogen) atoms. The molecule has 0 amide bonds. The molecule has 4 heteroatoms. The third-order valence-electron chi connectivity index (χ3n) is 5.00. The largest absolute Gasteiger partial charge is 0.370 e. The average Bonchev–Trinajstić information content (AvgIpc) is 2.68.